The molecule has 0 spiro atoms. The molecule has 0 bridgehead atoms. The number of anilines is 1. The van der Waals surface area contributed by atoms with Crippen LogP contribution in [0.2, 0.25) is 0 Å². The van der Waals surface area contributed by atoms with Crippen LogP contribution >= 0.6 is 0 Å². The van der Waals surface area contributed by atoms with Crippen LogP contribution in [-0.2, 0) is 11.3 Å². The molecule has 31 heavy (non-hydrogen) atoms. The minimum Gasteiger partial charge on any atom is -0.324 e. The number of hydrogen-bond donors (Lipinski definition) is 1. The molecule has 5 aromatic rings. The maximum Gasteiger partial charge on any atom is 0.350 e. The fraction of sp³-hybridized carbons (Fsp3) is 0.130. The van der Waals surface area contributed by atoms with E-state index in [1.54, 1.807) is 16.9 Å². The molecule has 8 nitrogen and oxygen atoms in total. The van der Waals surface area contributed by atoms with E-state index >= 15 is 0 Å². The Hall–Kier alpha value is -4.20. The molecule has 0 unspecified atom stereocenters. The quantitative estimate of drug-likeness (QED) is 0.492. The van der Waals surface area contributed by atoms with Gasteiger partial charge < -0.3 is 5.32 Å². The summed E-state index contributed by atoms with van der Waals surface area (Å²) in [6.45, 7) is 3.70. The Labute approximate surface area is 177 Å². The summed E-state index contributed by atoms with van der Waals surface area (Å²) in [5.74, 6) is -0.311. The molecule has 3 aromatic heterocycles. The fourth-order valence-corrected chi connectivity index (χ4v) is 3.58. The second-order valence-electron chi connectivity index (χ2n) is 7.52. The van der Waals surface area contributed by atoms with E-state index in [9.17, 15) is 9.59 Å². The number of hydrogen-bond acceptors (Lipinski definition) is 4. The van der Waals surface area contributed by atoms with Crippen molar-refractivity contribution in [2.75, 3.05) is 5.32 Å². The van der Waals surface area contributed by atoms with Crippen LogP contribution in [0.3, 0.4) is 0 Å². The number of rotatable bonds is 4. The number of aryl methyl sites for hydroxylation is 2. The van der Waals surface area contributed by atoms with Gasteiger partial charge in [0.05, 0.1) is 5.69 Å². The van der Waals surface area contributed by atoms with Gasteiger partial charge in [-0.3, -0.25) is 4.79 Å². The zero-order valence-electron chi connectivity index (χ0n) is 17.1. The van der Waals surface area contributed by atoms with Gasteiger partial charge in [0.15, 0.2) is 5.65 Å². The lowest BCUT2D eigenvalue weighted by Gasteiger charge is -2.08. The highest BCUT2D eigenvalue weighted by molar-refractivity contribution is 5.91. The van der Waals surface area contributed by atoms with Crippen molar-refractivity contribution < 1.29 is 4.79 Å². The molecule has 3 heterocycles. The van der Waals surface area contributed by atoms with Gasteiger partial charge in [-0.05, 0) is 37.1 Å². The van der Waals surface area contributed by atoms with Crippen LogP contribution in [-0.4, -0.2) is 29.7 Å². The average molecular weight is 412 g/mol. The summed E-state index contributed by atoms with van der Waals surface area (Å²) in [6.07, 6.45) is 3.32. The van der Waals surface area contributed by atoms with Crippen LogP contribution in [0.15, 0.2) is 71.8 Å². The van der Waals surface area contributed by atoms with Gasteiger partial charge in [-0.15, -0.1) is 5.10 Å². The molecular formula is C23H20N6O2. The number of benzene rings is 2. The topological polar surface area (TPSA) is 85.7 Å². The van der Waals surface area contributed by atoms with Gasteiger partial charge in [0.1, 0.15) is 12.1 Å². The fourth-order valence-electron chi connectivity index (χ4n) is 3.58. The number of nitrogens with zero attached hydrogens (tertiary/aromatic N) is 5. The van der Waals surface area contributed by atoms with Crippen LogP contribution in [0.5, 0.6) is 0 Å². The Morgan fingerprint density at radius 1 is 1.00 bits per heavy atom. The molecule has 8 heteroatoms. The average Bonchev–Trinajstić information content (AvgIpc) is 3.33. The third kappa shape index (κ3) is 3.38. The minimum atomic E-state index is -0.379. The SMILES string of the molecule is Cc1ccc(C)c(NC(=O)Cn2nc3c4cc(-c5ccccc5)nn4ccn3c2=O)c1. The summed E-state index contributed by atoms with van der Waals surface area (Å²) in [4.78, 5) is 25.4. The van der Waals surface area contributed by atoms with Crippen molar-refractivity contribution in [2.45, 2.75) is 20.4 Å². The molecule has 2 aromatic carbocycles. The predicted octanol–water partition coefficient (Wildman–Crippen LogP) is 3.07. The predicted molar refractivity (Wildman–Crippen MR) is 118 cm³/mol. The van der Waals surface area contributed by atoms with E-state index in [1.807, 2.05) is 68.4 Å². The summed E-state index contributed by atoms with van der Waals surface area (Å²) in [5.41, 5.74) is 5.23. The van der Waals surface area contributed by atoms with E-state index in [4.69, 9.17) is 0 Å². The van der Waals surface area contributed by atoms with E-state index in [0.717, 1.165) is 28.1 Å². The van der Waals surface area contributed by atoms with Crippen molar-refractivity contribution >= 4 is 22.8 Å². The normalized spacial score (nSPS) is 11.3. The smallest absolute Gasteiger partial charge is 0.324 e. The number of carbonyl (C=O) groups is 1. The first kappa shape index (κ1) is 18.8. The summed E-state index contributed by atoms with van der Waals surface area (Å²) in [5, 5.41) is 11.9. The molecule has 1 N–H and O–H groups in total. The number of fused-ring (bicyclic) bond motifs is 3. The molecule has 0 aliphatic heterocycles. The third-order valence-electron chi connectivity index (χ3n) is 5.22. The number of nitrogens with one attached hydrogen (secondary N) is 1. The van der Waals surface area contributed by atoms with Crippen LogP contribution in [0, 0.1) is 13.8 Å². The highest BCUT2D eigenvalue weighted by atomic mass is 16.2. The Morgan fingerprint density at radius 3 is 2.61 bits per heavy atom. The Morgan fingerprint density at radius 2 is 1.81 bits per heavy atom. The zero-order chi connectivity index (χ0) is 21.5. The van der Waals surface area contributed by atoms with Crippen LogP contribution in [0.1, 0.15) is 11.1 Å². The molecule has 0 aliphatic rings. The van der Waals surface area contributed by atoms with Crippen LogP contribution in [0.4, 0.5) is 5.69 Å². The standard InChI is InChI=1S/C23H20N6O2/c1-15-8-9-16(2)18(12-15)24-21(30)14-29-23(31)27-10-11-28-20(22(27)26-29)13-19(25-28)17-6-4-3-5-7-17/h3-13H,14H2,1-2H3,(H,24,30). The molecule has 0 fully saturated rings. The molecule has 0 atom stereocenters. The molecule has 5 rings (SSSR count). The minimum absolute atomic E-state index is 0.181. The maximum absolute atomic E-state index is 12.8. The lowest BCUT2D eigenvalue weighted by molar-refractivity contribution is -0.117. The lowest BCUT2D eigenvalue weighted by atomic mass is 10.1. The maximum atomic E-state index is 12.8. The van der Waals surface area contributed by atoms with E-state index in [1.165, 1.54) is 9.08 Å². The van der Waals surface area contributed by atoms with Crippen molar-refractivity contribution in [2.24, 2.45) is 0 Å². The molecule has 0 saturated heterocycles. The first-order valence-corrected chi connectivity index (χ1v) is 9.90. The zero-order valence-corrected chi connectivity index (χ0v) is 17.1. The Kier molecular flexibility index (Phi) is 4.39. The summed E-state index contributed by atoms with van der Waals surface area (Å²) in [7, 11) is 0. The third-order valence-corrected chi connectivity index (χ3v) is 5.22. The van der Waals surface area contributed by atoms with Gasteiger partial charge in [0, 0.05) is 23.6 Å². The first-order valence-electron chi connectivity index (χ1n) is 9.90. The van der Waals surface area contributed by atoms with Gasteiger partial charge in [-0.25, -0.2) is 18.4 Å². The largest absolute Gasteiger partial charge is 0.350 e. The Bertz CT molecular complexity index is 1490. The highest BCUT2D eigenvalue weighted by Crippen LogP contribution is 2.21. The Balaban J connectivity index is 1.50. The monoisotopic (exact) mass is 412 g/mol. The molecule has 0 saturated carbocycles. The van der Waals surface area contributed by atoms with E-state index < -0.39 is 0 Å². The summed E-state index contributed by atoms with van der Waals surface area (Å²) < 4.78 is 4.28. The van der Waals surface area contributed by atoms with Crippen LogP contribution in [0.25, 0.3) is 22.4 Å². The van der Waals surface area contributed by atoms with Gasteiger partial charge in [-0.2, -0.15) is 5.10 Å². The molecule has 0 aliphatic carbocycles. The van der Waals surface area contributed by atoms with Crippen molar-refractivity contribution in [1.29, 1.82) is 0 Å². The van der Waals surface area contributed by atoms with E-state index in [0.29, 0.717) is 11.2 Å². The first-order chi connectivity index (χ1) is 15.0. The van der Waals surface area contributed by atoms with Crippen molar-refractivity contribution in [3.05, 3.63) is 88.6 Å². The van der Waals surface area contributed by atoms with Crippen molar-refractivity contribution in [1.82, 2.24) is 23.8 Å². The van der Waals surface area contributed by atoms with E-state index in [2.05, 4.69) is 15.5 Å². The van der Waals surface area contributed by atoms with Gasteiger partial charge in [0.2, 0.25) is 5.91 Å². The molecule has 154 valence electrons. The van der Waals surface area contributed by atoms with Gasteiger partial charge in [-0.1, -0.05) is 42.5 Å². The number of carbonyl (C=O) groups excluding carboxylic acids is 1. The summed E-state index contributed by atoms with van der Waals surface area (Å²) in [6, 6.07) is 17.5. The second kappa shape index (κ2) is 7.24. The van der Waals surface area contributed by atoms with Crippen molar-refractivity contribution in [3.63, 3.8) is 0 Å². The van der Waals surface area contributed by atoms with E-state index in [-0.39, 0.29) is 18.1 Å². The number of aromatic nitrogens is 5. The van der Waals surface area contributed by atoms with Crippen molar-refractivity contribution in [3.8, 4) is 11.3 Å². The van der Waals surface area contributed by atoms with Gasteiger partial charge >= 0.3 is 5.69 Å². The van der Waals surface area contributed by atoms with Crippen LogP contribution < -0.4 is 11.0 Å². The second-order valence-corrected chi connectivity index (χ2v) is 7.52. The highest BCUT2D eigenvalue weighted by Gasteiger charge is 2.15. The molecule has 1 amide bonds. The van der Waals surface area contributed by atoms with Gasteiger partial charge in [0.25, 0.3) is 0 Å². The number of amides is 1. The molecular weight excluding hydrogens is 392 g/mol. The lowest BCUT2D eigenvalue weighted by Crippen LogP contribution is -2.28. The molecule has 0 radical (unpaired) electrons. The summed E-state index contributed by atoms with van der Waals surface area (Å²) >= 11 is 0.